The summed E-state index contributed by atoms with van der Waals surface area (Å²) in [6, 6.07) is 1.48. The topological polar surface area (TPSA) is 35.5 Å². The zero-order chi connectivity index (χ0) is 11.4. The minimum Gasteiger partial charge on any atom is -0.395 e. The second kappa shape index (κ2) is 5.83. The molecule has 3 heteroatoms. The number of aliphatic hydroxyl groups excluding tert-OH is 1. The molecule has 0 spiro atoms. The highest BCUT2D eigenvalue weighted by Crippen LogP contribution is 2.21. The number of hydrogen-bond acceptors (Lipinski definition) is 3. The standard InChI is InChI=1S/C12H26N2O/c1-5-11(8-15)13-12-6-10(3)14(4)7-9(12)2/h9-13,15H,5-8H2,1-4H3/t9?,10?,11-,12?/m0/s1. The summed E-state index contributed by atoms with van der Waals surface area (Å²) in [4.78, 5) is 2.42. The molecule has 15 heavy (non-hydrogen) atoms. The van der Waals surface area contributed by atoms with Crippen LogP contribution in [0.1, 0.15) is 33.6 Å². The molecule has 1 fully saturated rings. The Hall–Kier alpha value is -0.120. The lowest BCUT2D eigenvalue weighted by molar-refractivity contribution is 0.106. The van der Waals surface area contributed by atoms with Crippen molar-refractivity contribution in [1.29, 1.82) is 0 Å². The van der Waals surface area contributed by atoms with Crippen molar-refractivity contribution in [2.75, 3.05) is 20.2 Å². The van der Waals surface area contributed by atoms with Crippen LogP contribution >= 0.6 is 0 Å². The molecular formula is C12H26N2O. The zero-order valence-corrected chi connectivity index (χ0v) is 10.5. The van der Waals surface area contributed by atoms with E-state index in [1.807, 2.05) is 0 Å². The molecule has 0 aromatic heterocycles. The highest BCUT2D eigenvalue weighted by Gasteiger charge is 2.29. The molecule has 1 saturated heterocycles. The smallest absolute Gasteiger partial charge is 0.0584 e. The van der Waals surface area contributed by atoms with E-state index in [9.17, 15) is 5.11 Å². The number of piperidine rings is 1. The molecule has 4 atom stereocenters. The van der Waals surface area contributed by atoms with Gasteiger partial charge in [0, 0.05) is 24.7 Å². The van der Waals surface area contributed by atoms with E-state index in [0.29, 0.717) is 18.0 Å². The van der Waals surface area contributed by atoms with Crippen LogP contribution in [0.3, 0.4) is 0 Å². The summed E-state index contributed by atoms with van der Waals surface area (Å²) in [5.74, 6) is 0.673. The lowest BCUT2D eigenvalue weighted by Crippen LogP contribution is -2.53. The van der Waals surface area contributed by atoms with Crippen molar-refractivity contribution < 1.29 is 5.11 Å². The molecule has 0 aromatic carbocycles. The molecule has 1 rings (SSSR count). The van der Waals surface area contributed by atoms with E-state index < -0.39 is 0 Å². The number of nitrogens with one attached hydrogen (secondary N) is 1. The van der Waals surface area contributed by atoms with Crippen LogP contribution < -0.4 is 5.32 Å². The molecule has 0 radical (unpaired) electrons. The van der Waals surface area contributed by atoms with E-state index in [4.69, 9.17) is 0 Å². The number of rotatable bonds is 4. The van der Waals surface area contributed by atoms with Gasteiger partial charge < -0.3 is 15.3 Å². The van der Waals surface area contributed by atoms with Crippen molar-refractivity contribution in [1.82, 2.24) is 10.2 Å². The van der Waals surface area contributed by atoms with Crippen molar-refractivity contribution in [3.63, 3.8) is 0 Å². The number of nitrogens with zero attached hydrogens (tertiary/aromatic N) is 1. The average molecular weight is 214 g/mol. The Morgan fingerprint density at radius 1 is 1.47 bits per heavy atom. The van der Waals surface area contributed by atoms with Crippen LogP contribution in [0.5, 0.6) is 0 Å². The number of hydrogen-bond donors (Lipinski definition) is 2. The summed E-state index contributed by atoms with van der Waals surface area (Å²) in [5, 5.41) is 12.8. The molecule has 0 aliphatic carbocycles. The van der Waals surface area contributed by atoms with Crippen molar-refractivity contribution in [2.24, 2.45) is 5.92 Å². The van der Waals surface area contributed by atoms with E-state index >= 15 is 0 Å². The van der Waals surface area contributed by atoms with Gasteiger partial charge in [0.2, 0.25) is 0 Å². The Morgan fingerprint density at radius 2 is 2.13 bits per heavy atom. The summed E-state index contributed by atoms with van der Waals surface area (Å²) in [7, 11) is 2.20. The first kappa shape index (κ1) is 12.9. The zero-order valence-electron chi connectivity index (χ0n) is 10.5. The first-order chi connectivity index (χ1) is 7.08. The van der Waals surface area contributed by atoms with Crippen LogP contribution in [-0.2, 0) is 0 Å². The van der Waals surface area contributed by atoms with Gasteiger partial charge in [-0.1, -0.05) is 13.8 Å². The third-order valence-corrected chi connectivity index (χ3v) is 3.77. The van der Waals surface area contributed by atoms with Crippen LogP contribution in [0.25, 0.3) is 0 Å². The van der Waals surface area contributed by atoms with Gasteiger partial charge >= 0.3 is 0 Å². The van der Waals surface area contributed by atoms with Crippen molar-refractivity contribution in [2.45, 2.75) is 51.7 Å². The molecule has 0 aromatic rings. The summed E-state index contributed by atoms with van der Waals surface area (Å²) in [5.41, 5.74) is 0. The molecule has 0 saturated carbocycles. The maximum atomic E-state index is 9.19. The molecule has 1 aliphatic rings. The molecule has 3 unspecified atom stereocenters. The van der Waals surface area contributed by atoms with Gasteiger partial charge in [0.05, 0.1) is 6.61 Å². The van der Waals surface area contributed by atoms with E-state index in [1.165, 1.54) is 6.42 Å². The Balaban J connectivity index is 2.47. The fourth-order valence-corrected chi connectivity index (χ4v) is 2.38. The quantitative estimate of drug-likeness (QED) is 0.735. The van der Waals surface area contributed by atoms with Gasteiger partial charge in [-0.05, 0) is 32.7 Å². The third kappa shape index (κ3) is 3.44. The maximum Gasteiger partial charge on any atom is 0.0584 e. The monoisotopic (exact) mass is 214 g/mol. The second-order valence-corrected chi connectivity index (χ2v) is 5.06. The van der Waals surface area contributed by atoms with E-state index in [0.717, 1.165) is 13.0 Å². The molecule has 0 bridgehead atoms. The molecule has 1 heterocycles. The van der Waals surface area contributed by atoms with E-state index in [-0.39, 0.29) is 12.6 Å². The lowest BCUT2D eigenvalue weighted by Gasteiger charge is -2.41. The Kier molecular flexibility index (Phi) is 5.03. The van der Waals surface area contributed by atoms with E-state index in [2.05, 4.69) is 38.0 Å². The molecule has 2 N–H and O–H groups in total. The van der Waals surface area contributed by atoms with E-state index in [1.54, 1.807) is 0 Å². The maximum absolute atomic E-state index is 9.19. The summed E-state index contributed by atoms with van der Waals surface area (Å²) < 4.78 is 0. The lowest BCUT2D eigenvalue weighted by atomic mass is 9.89. The molecular weight excluding hydrogens is 188 g/mol. The molecule has 1 aliphatic heterocycles. The molecule has 0 amide bonds. The van der Waals surface area contributed by atoms with Gasteiger partial charge in [-0.3, -0.25) is 0 Å². The highest BCUT2D eigenvalue weighted by molar-refractivity contribution is 4.87. The Labute approximate surface area is 93.9 Å². The largest absolute Gasteiger partial charge is 0.395 e. The third-order valence-electron chi connectivity index (χ3n) is 3.77. The van der Waals surface area contributed by atoms with Crippen LogP contribution in [0.15, 0.2) is 0 Å². The average Bonchev–Trinajstić information content (AvgIpc) is 2.21. The fourth-order valence-electron chi connectivity index (χ4n) is 2.38. The van der Waals surface area contributed by atoms with Gasteiger partial charge in [0.1, 0.15) is 0 Å². The first-order valence-electron chi connectivity index (χ1n) is 6.15. The van der Waals surface area contributed by atoms with Gasteiger partial charge in [-0.15, -0.1) is 0 Å². The van der Waals surface area contributed by atoms with Crippen LogP contribution in [0, 0.1) is 5.92 Å². The first-order valence-corrected chi connectivity index (χ1v) is 6.15. The predicted octanol–water partition coefficient (Wildman–Crippen LogP) is 1.08. The van der Waals surface area contributed by atoms with Gasteiger partial charge in [-0.2, -0.15) is 0 Å². The normalized spacial score (nSPS) is 35.4. The van der Waals surface area contributed by atoms with Crippen molar-refractivity contribution in [3.8, 4) is 0 Å². The highest BCUT2D eigenvalue weighted by atomic mass is 16.3. The SMILES string of the molecule is CC[C@@H](CO)NC1CC(C)N(C)CC1C. The van der Waals surface area contributed by atoms with Crippen LogP contribution in [0.4, 0.5) is 0 Å². The van der Waals surface area contributed by atoms with Crippen LogP contribution in [0.2, 0.25) is 0 Å². The predicted molar refractivity (Wildman–Crippen MR) is 64.0 cm³/mol. The summed E-state index contributed by atoms with van der Waals surface area (Å²) in [6.07, 6.45) is 2.19. The van der Waals surface area contributed by atoms with Gasteiger partial charge in [-0.25, -0.2) is 0 Å². The van der Waals surface area contributed by atoms with Crippen molar-refractivity contribution in [3.05, 3.63) is 0 Å². The summed E-state index contributed by atoms with van der Waals surface area (Å²) >= 11 is 0. The van der Waals surface area contributed by atoms with Crippen LogP contribution in [-0.4, -0.2) is 48.3 Å². The Morgan fingerprint density at radius 3 is 2.67 bits per heavy atom. The van der Waals surface area contributed by atoms with Gasteiger partial charge in [0.25, 0.3) is 0 Å². The van der Waals surface area contributed by atoms with Gasteiger partial charge in [0.15, 0.2) is 0 Å². The minimum absolute atomic E-state index is 0.254. The second-order valence-electron chi connectivity index (χ2n) is 5.06. The minimum atomic E-state index is 0.254. The fraction of sp³-hybridized carbons (Fsp3) is 1.00. The summed E-state index contributed by atoms with van der Waals surface area (Å²) in [6.45, 7) is 8.10. The molecule has 3 nitrogen and oxygen atoms in total. The van der Waals surface area contributed by atoms with Crippen molar-refractivity contribution >= 4 is 0 Å². The number of likely N-dealkylation sites (tertiary alicyclic amines) is 1. The Bertz CT molecular complexity index is 182. The molecule has 90 valence electrons. The number of aliphatic hydroxyl groups is 1.